The molecule has 17 heavy (non-hydrogen) atoms. The molecule has 0 spiro atoms. The van der Waals surface area contributed by atoms with Crippen molar-refractivity contribution in [2.24, 2.45) is 7.05 Å². The number of hydrogen-bond donors (Lipinski definition) is 1. The molecule has 92 valence electrons. The summed E-state index contributed by atoms with van der Waals surface area (Å²) in [5.41, 5.74) is 2.69. The van der Waals surface area contributed by atoms with Crippen LogP contribution in [0.15, 0.2) is 27.4 Å². The van der Waals surface area contributed by atoms with E-state index < -0.39 is 0 Å². The van der Waals surface area contributed by atoms with Crippen molar-refractivity contribution in [3.05, 3.63) is 34.3 Å². The average molecular weight is 234 g/mol. The van der Waals surface area contributed by atoms with Crippen LogP contribution in [-0.4, -0.2) is 17.2 Å². The molecular weight excluding hydrogens is 216 g/mol. The Morgan fingerprint density at radius 1 is 1.41 bits per heavy atom. The number of aryl methyl sites for hydroxylation is 1. The Hall–Kier alpha value is -1.55. The van der Waals surface area contributed by atoms with Crippen molar-refractivity contribution < 1.29 is 4.42 Å². The Morgan fingerprint density at radius 2 is 2.18 bits per heavy atom. The molecule has 0 radical (unpaired) electrons. The van der Waals surface area contributed by atoms with Gasteiger partial charge in [-0.15, -0.1) is 0 Å². The Labute approximate surface area is 100 Å². The first-order valence-corrected chi connectivity index (χ1v) is 5.90. The average Bonchev–Trinajstić information content (AvgIpc) is 2.54. The monoisotopic (exact) mass is 234 g/mol. The Balaban J connectivity index is 2.18. The first-order chi connectivity index (χ1) is 8.08. The quantitative estimate of drug-likeness (QED) is 0.875. The lowest BCUT2D eigenvalue weighted by atomic mass is 10.1. The molecule has 0 atom stereocenters. The zero-order chi connectivity index (χ0) is 12.4. The van der Waals surface area contributed by atoms with E-state index in [1.165, 1.54) is 10.1 Å². The molecule has 0 aliphatic heterocycles. The van der Waals surface area contributed by atoms with Gasteiger partial charge in [-0.2, -0.15) is 0 Å². The van der Waals surface area contributed by atoms with E-state index in [1.807, 2.05) is 18.2 Å². The molecule has 0 fully saturated rings. The Morgan fingerprint density at radius 3 is 2.88 bits per heavy atom. The van der Waals surface area contributed by atoms with Crippen LogP contribution in [0.4, 0.5) is 0 Å². The molecule has 1 aromatic heterocycles. The molecule has 2 rings (SSSR count). The normalized spacial score (nSPS) is 11.5. The minimum atomic E-state index is -0.308. The molecule has 1 aromatic carbocycles. The minimum Gasteiger partial charge on any atom is -0.408 e. The van der Waals surface area contributed by atoms with Crippen molar-refractivity contribution in [1.29, 1.82) is 0 Å². The second-order valence-electron chi connectivity index (χ2n) is 4.59. The van der Waals surface area contributed by atoms with E-state index in [1.54, 1.807) is 7.05 Å². The van der Waals surface area contributed by atoms with Crippen molar-refractivity contribution in [3.8, 4) is 0 Å². The number of rotatable bonds is 4. The maximum atomic E-state index is 11.3. The molecule has 0 aliphatic rings. The van der Waals surface area contributed by atoms with Crippen molar-refractivity contribution in [1.82, 2.24) is 9.88 Å². The molecule has 2 aromatic rings. The fraction of sp³-hybridized carbons (Fsp3) is 0.462. The van der Waals surface area contributed by atoms with Gasteiger partial charge < -0.3 is 9.73 Å². The van der Waals surface area contributed by atoms with Gasteiger partial charge in [-0.25, -0.2) is 4.79 Å². The molecule has 1 N–H and O–H groups in total. The van der Waals surface area contributed by atoms with Gasteiger partial charge >= 0.3 is 5.76 Å². The molecule has 0 aliphatic carbocycles. The van der Waals surface area contributed by atoms with Crippen molar-refractivity contribution >= 4 is 11.1 Å². The highest BCUT2D eigenvalue weighted by atomic mass is 16.4. The molecule has 4 heteroatoms. The van der Waals surface area contributed by atoms with Gasteiger partial charge in [-0.05, 0) is 30.7 Å². The molecule has 0 amide bonds. The standard InChI is InChI=1S/C13H18N2O2/c1-9(2)14-7-6-10-4-5-11-12(8-10)17-13(16)15(11)3/h4-5,8-9,14H,6-7H2,1-3H3. The summed E-state index contributed by atoms with van der Waals surface area (Å²) in [4.78, 5) is 11.3. The fourth-order valence-electron chi connectivity index (χ4n) is 1.84. The van der Waals surface area contributed by atoms with Crippen LogP contribution in [0.5, 0.6) is 0 Å². The van der Waals surface area contributed by atoms with Crippen molar-refractivity contribution in [2.45, 2.75) is 26.3 Å². The highest BCUT2D eigenvalue weighted by Gasteiger charge is 2.06. The zero-order valence-corrected chi connectivity index (χ0v) is 10.5. The summed E-state index contributed by atoms with van der Waals surface area (Å²) >= 11 is 0. The van der Waals surface area contributed by atoms with E-state index in [-0.39, 0.29) is 5.76 Å². The maximum Gasteiger partial charge on any atom is 0.419 e. The Kier molecular flexibility index (Phi) is 3.33. The van der Waals surface area contributed by atoms with Gasteiger partial charge in [0.25, 0.3) is 0 Å². The van der Waals surface area contributed by atoms with E-state index in [9.17, 15) is 4.79 Å². The SMILES string of the molecule is CC(C)NCCc1ccc2c(c1)oc(=O)n2C. The summed E-state index contributed by atoms with van der Waals surface area (Å²) < 4.78 is 6.67. The topological polar surface area (TPSA) is 47.2 Å². The molecule has 0 unspecified atom stereocenters. The van der Waals surface area contributed by atoms with Crippen LogP contribution in [0.3, 0.4) is 0 Å². The van der Waals surface area contributed by atoms with E-state index in [2.05, 4.69) is 19.2 Å². The molecule has 4 nitrogen and oxygen atoms in total. The summed E-state index contributed by atoms with van der Waals surface area (Å²) in [6.07, 6.45) is 0.937. The van der Waals surface area contributed by atoms with Gasteiger partial charge in [0.05, 0.1) is 5.52 Å². The predicted molar refractivity (Wildman–Crippen MR) is 68.3 cm³/mol. The second kappa shape index (κ2) is 4.75. The summed E-state index contributed by atoms with van der Waals surface area (Å²) in [6.45, 7) is 5.18. The summed E-state index contributed by atoms with van der Waals surface area (Å²) in [5.74, 6) is -0.308. The number of nitrogens with one attached hydrogen (secondary N) is 1. The van der Waals surface area contributed by atoms with Crippen molar-refractivity contribution in [2.75, 3.05) is 6.54 Å². The lowest BCUT2D eigenvalue weighted by Crippen LogP contribution is -2.24. The lowest BCUT2D eigenvalue weighted by Gasteiger charge is -2.07. The minimum absolute atomic E-state index is 0.308. The molecular formula is C13H18N2O2. The van der Waals surface area contributed by atoms with Gasteiger partial charge in [0.2, 0.25) is 0 Å². The zero-order valence-electron chi connectivity index (χ0n) is 10.5. The first kappa shape index (κ1) is 11.9. The number of aromatic nitrogens is 1. The van der Waals surface area contributed by atoms with Gasteiger partial charge in [0, 0.05) is 13.1 Å². The largest absolute Gasteiger partial charge is 0.419 e. The molecule has 1 heterocycles. The first-order valence-electron chi connectivity index (χ1n) is 5.90. The number of fused-ring (bicyclic) bond motifs is 1. The third kappa shape index (κ3) is 2.58. The van der Waals surface area contributed by atoms with Crippen LogP contribution in [0.1, 0.15) is 19.4 Å². The van der Waals surface area contributed by atoms with Gasteiger partial charge in [-0.3, -0.25) is 4.57 Å². The number of nitrogens with zero attached hydrogens (tertiary/aromatic N) is 1. The fourth-order valence-corrected chi connectivity index (χ4v) is 1.84. The Bertz CT molecular complexity index is 566. The van der Waals surface area contributed by atoms with Crippen LogP contribution in [0.25, 0.3) is 11.1 Å². The predicted octanol–water partition coefficient (Wildman–Crippen LogP) is 1.67. The van der Waals surface area contributed by atoms with E-state index in [0.717, 1.165) is 18.5 Å². The van der Waals surface area contributed by atoms with E-state index in [4.69, 9.17) is 4.42 Å². The number of benzene rings is 1. The third-order valence-electron chi connectivity index (χ3n) is 2.82. The van der Waals surface area contributed by atoms with Crippen LogP contribution in [0, 0.1) is 0 Å². The number of oxazole rings is 1. The summed E-state index contributed by atoms with van der Waals surface area (Å²) in [7, 11) is 1.72. The maximum absolute atomic E-state index is 11.3. The summed E-state index contributed by atoms with van der Waals surface area (Å²) in [5, 5.41) is 3.36. The molecule has 0 saturated carbocycles. The van der Waals surface area contributed by atoms with Crippen LogP contribution in [0.2, 0.25) is 0 Å². The van der Waals surface area contributed by atoms with Crippen LogP contribution >= 0.6 is 0 Å². The van der Waals surface area contributed by atoms with Gasteiger partial charge in [0.15, 0.2) is 5.58 Å². The lowest BCUT2D eigenvalue weighted by molar-refractivity contribution is 0.527. The smallest absolute Gasteiger partial charge is 0.408 e. The van der Waals surface area contributed by atoms with Crippen LogP contribution < -0.4 is 11.1 Å². The van der Waals surface area contributed by atoms with Gasteiger partial charge in [0.1, 0.15) is 0 Å². The second-order valence-corrected chi connectivity index (χ2v) is 4.59. The highest BCUT2D eigenvalue weighted by Crippen LogP contribution is 2.14. The highest BCUT2D eigenvalue weighted by molar-refractivity contribution is 5.73. The van der Waals surface area contributed by atoms with Crippen molar-refractivity contribution in [3.63, 3.8) is 0 Å². The molecule has 0 bridgehead atoms. The summed E-state index contributed by atoms with van der Waals surface area (Å²) in [6, 6.07) is 6.41. The van der Waals surface area contributed by atoms with E-state index in [0.29, 0.717) is 11.6 Å². The third-order valence-corrected chi connectivity index (χ3v) is 2.82. The number of hydrogen-bond acceptors (Lipinski definition) is 3. The van der Waals surface area contributed by atoms with Gasteiger partial charge in [-0.1, -0.05) is 19.9 Å². The van der Waals surface area contributed by atoms with Crippen LogP contribution in [-0.2, 0) is 13.5 Å². The molecule has 0 saturated heterocycles. The van der Waals surface area contributed by atoms with E-state index >= 15 is 0 Å².